The van der Waals surface area contributed by atoms with Crippen LogP contribution in [0.3, 0.4) is 0 Å². The van der Waals surface area contributed by atoms with Crippen LogP contribution in [0.2, 0.25) is 0 Å². The van der Waals surface area contributed by atoms with Crippen molar-refractivity contribution in [3.05, 3.63) is 35.4 Å². The molecule has 3 heteroatoms. The van der Waals surface area contributed by atoms with Gasteiger partial charge < -0.3 is 10.6 Å². The Hall–Kier alpha value is -1.79. The van der Waals surface area contributed by atoms with E-state index in [1.165, 1.54) is 0 Å². The maximum atomic E-state index is 12.2. The number of terminal acetylenes is 1. The molecule has 1 fully saturated rings. The zero-order valence-electron chi connectivity index (χ0n) is 10.6. The molecule has 0 aliphatic carbocycles. The molecule has 2 N–H and O–H groups in total. The Morgan fingerprint density at radius 1 is 1.44 bits per heavy atom. The van der Waals surface area contributed by atoms with Crippen LogP contribution in [0.25, 0.3) is 0 Å². The Morgan fingerprint density at radius 2 is 2.17 bits per heavy atom. The topological polar surface area (TPSA) is 41.1 Å². The van der Waals surface area contributed by atoms with Gasteiger partial charge in [0.15, 0.2) is 0 Å². The highest BCUT2D eigenvalue weighted by Crippen LogP contribution is 2.18. The molecule has 18 heavy (non-hydrogen) atoms. The number of nitrogens with one attached hydrogen (secondary N) is 2. The summed E-state index contributed by atoms with van der Waals surface area (Å²) in [6, 6.07) is 7.18. The number of benzene rings is 1. The molecular formula is C15H18N2O. The zero-order valence-corrected chi connectivity index (χ0v) is 10.6. The molecule has 1 aliphatic rings. The van der Waals surface area contributed by atoms with Gasteiger partial charge in [0.05, 0.1) is 0 Å². The third kappa shape index (κ3) is 2.91. The molecule has 1 saturated heterocycles. The van der Waals surface area contributed by atoms with Crippen molar-refractivity contribution in [2.75, 3.05) is 13.1 Å². The van der Waals surface area contributed by atoms with Gasteiger partial charge in [-0.05, 0) is 51.1 Å². The lowest BCUT2D eigenvalue weighted by molar-refractivity contribution is 0.0887. The number of hydrogen-bond donors (Lipinski definition) is 2. The first-order valence-electron chi connectivity index (χ1n) is 6.23. The van der Waals surface area contributed by atoms with Crippen LogP contribution in [-0.4, -0.2) is 24.5 Å². The number of piperidine rings is 1. The fraction of sp³-hybridized carbons (Fsp3) is 0.400. The highest BCUT2D eigenvalue weighted by molar-refractivity contribution is 5.95. The molecule has 1 aliphatic heterocycles. The van der Waals surface area contributed by atoms with Gasteiger partial charge in [-0.15, -0.1) is 6.42 Å². The van der Waals surface area contributed by atoms with Crippen molar-refractivity contribution in [1.29, 1.82) is 0 Å². The smallest absolute Gasteiger partial charge is 0.251 e. The molecule has 0 aromatic heterocycles. The fourth-order valence-corrected chi connectivity index (χ4v) is 2.20. The molecule has 0 atom stereocenters. The van der Waals surface area contributed by atoms with E-state index in [0.717, 1.165) is 31.5 Å². The fourth-order valence-electron chi connectivity index (χ4n) is 2.20. The average Bonchev–Trinajstić information content (AvgIpc) is 2.39. The zero-order chi connectivity index (χ0) is 13.0. The summed E-state index contributed by atoms with van der Waals surface area (Å²) in [7, 11) is 0. The van der Waals surface area contributed by atoms with Crippen molar-refractivity contribution in [2.24, 2.45) is 0 Å². The Labute approximate surface area is 108 Å². The van der Waals surface area contributed by atoms with Crippen molar-refractivity contribution < 1.29 is 4.79 Å². The molecule has 1 heterocycles. The first-order chi connectivity index (χ1) is 8.63. The minimum absolute atomic E-state index is 0.0449. The van der Waals surface area contributed by atoms with E-state index in [1.54, 1.807) is 12.1 Å². The van der Waals surface area contributed by atoms with Gasteiger partial charge in [-0.2, -0.15) is 0 Å². The number of amides is 1. The minimum atomic E-state index is -0.117. The van der Waals surface area contributed by atoms with Gasteiger partial charge >= 0.3 is 0 Å². The molecule has 94 valence electrons. The first kappa shape index (κ1) is 12.7. The summed E-state index contributed by atoms with van der Waals surface area (Å²) in [6.07, 6.45) is 7.24. The van der Waals surface area contributed by atoms with Crippen molar-refractivity contribution in [2.45, 2.75) is 25.3 Å². The van der Waals surface area contributed by atoms with Gasteiger partial charge in [0, 0.05) is 16.7 Å². The Morgan fingerprint density at radius 3 is 2.83 bits per heavy atom. The maximum absolute atomic E-state index is 12.2. The van der Waals surface area contributed by atoms with Crippen LogP contribution in [0.4, 0.5) is 0 Å². The molecular weight excluding hydrogens is 224 g/mol. The Kier molecular flexibility index (Phi) is 3.69. The van der Waals surface area contributed by atoms with Gasteiger partial charge in [0.1, 0.15) is 0 Å². The normalized spacial score (nSPS) is 17.8. The highest BCUT2D eigenvalue weighted by atomic mass is 16.1. The number of hydrogen-bond acceptors (Lipinski definition) is 2. The minimum Gasteiger partial charge on any atom is -0.347 e. The maximum Gasteiger partial charge on any atom is 0.251 e. The largest absolute Gasteiger partial charge is 0.347 e. The summed E-state index contributed by atoms with van der Waals surface area (Å²) in [6.45, 7) is 3.99. The van der Waals surface area contributed by atoms with Gasteiger partial charge in [-0.1, -0.05) is 12.0 Å². The van der Waals surface area contributed by atoms with Crippen LogP contribution in [0.1, 0.15) is 35.7 Å². The summed E-state index contributed by atoms with van der Waals surface area (Å²) >= 11 is 0. The van der Waals surface area contributed by atoms with Gasteiger partial charge in [-0.3, -0.25) is 4.79 Å². The predicted octanol–water partition coefficient (Wildman–Crippen LogP) is 1.54. The van der Waals surface area contributed by atoms with Gasteiger partial charge in [0.25, 0.3) is 5.91 Å². The molecule has 2 rings (SSSR count). The van der Waals surface area contributed by atoms with Gasteiger partial charge in [-0.25, -0.2) is 0 Å². The number of carbonyl (C=O) groups excluding carboxylic acids is 1. The van der Waals surface area contributed by atoms with E-state index in [4.69, 9.17) is 6.42 Å². The predicted molar refractivity (Wildman–Crippen MR) is 72.4 cm³/mol. The van der Waals surface area contributed by atoms with Crippen LogP contribution in [0, 0.1) is 12.3 Å². The van der Waals surface area contributed by atoms with Crippen LogP contribution in [-0.2, 0) is 0 Å². The first-order valence-corrected chi connectivity index (χ1v) is 6.23. The average molecular weight is 242 g/mol. The van der Waals surface area contributed by atoms with E-state index >= 15 is 0 Å². The molecule has 1 aromatic carbocycles. The molecule has 3 nitrogen and oxygen atoms in total. The molecule has 0 bridgehead atoms. The lowest BCUT2D eigenvalue weighted by atomic mass is 9.90. The molecule has 0 unspecified atom stereocenters. The highest BCUT2D eigenvalue weighted by Gasteiger charge is 2.28. The van der Waals surface area contributed by atoms with Gasteiger partial charge in [0.2, 0.25) is 0 Å². The van der Waals surface area contributed by atoms with Crippen LogP contribution in [0.5, 0.6) is 0 Å². The summed E-state index contributed by atoms with van der Waals surface area (Å²) in [5, 5.41) is 6.41. The van der Waals surface area contributed by atoms with Crippen LogP contribution in [0.15, 0.2) is 24.3 Å². The standard InChI is InChI=1S/C15H18N2O/c1-3-12-5-4-6-13(11-12)14(18)17-15(2)7-9-16-10-8-15/h1,4-6,11,16H,7-10H2,2H3,(H,17,18). The molecule has 0 saturated carbocycles. The van der Waals surface area contributed by atoms with E-state index in [1.807, 2.05) is 12.1 Å². The summed E-state index contributed by atoms with van der Waals surface area (Å²) in [5.74, 6) is 2.50. The van der Waals surface area contributed by atoms with Crippen molar-refractivity contribution >= 4 is 5.91 Å². The molecule has 1 amide bonds. The lowest BCUT2D eigenvalue weighted by Gasteiger charge is -2.35. The summed E-state index contributed by atoms with van der Waals surface area (Å²) in [4.78, 5) is 12.2. The second-order valence-corrected chi connectivity index (χ2v) is 4.99. The van der Waals surface area contributed by atoms with Crippen molar-refractivity contribution in [1.82, 2.24) is 10.6 Å². The summed E-state index contributed by atoms with van der Waals surface area (Å²) < 4.78 is 0. The van der Waals surface area contributed by atoms with E-state index in [-0.39, 0.29) is 11.4 Å². The van der Waals surface area contributed by atoms with E-state index in [2.05, 4.69) is 23.5 Å². The second kappa shape index (κ2) is 5.24. The molecule has 0 spiro atoms. The Bertz CT molecular complexity index is 482. The van der Waals surface area contributed by atoms with E-state index < -0.39 is 0 Å². The number of carbonyl (C=O) groups is 1. The monoisotopic (exact) mass is 242 g/mol. The molecule has 1 aromatic rings. The van der Waals surface area contributed by atoms with Crippen LogP contribution >= 0.6 is 0 Å². The third-order valence-electron chi connectivity index (χ3n) is 3.41. The Balaban J connectivity index is 2.09. The lowest BCUT2D eigenvalue weighted by Crippen LogP contribution is -2.52. The summed E-state index contributed by atoms with van der Waals surface area (Å²) in [5.41, 5.74) is 1.25. The van der Waals surface area contributed by atoms with Crippen molar-refractivity contribution in [3.8, 4) is 12.3 Å². The molecule has 0 radical (unpaired) electrons. The second-order valence-electron chi connectivity index (χ2n) is 4.99. The quantitative estimate of drug-likeness (QED) is 0.772. The van der Waals surface area contributed by atoms with Crippen LogP contribution < -0.4 is 10.6 Å². The van der Waals surface area contributed by atoms with E-state index in [0.29, 0.717) is 5.56 Å². The SMILES string of the molecule is C#Cc1cccc(C(=O)NC2(C)CCNCC2)c1. The van der Waals surface area contributed by atoms with E-state index in [9.17, 15) is 4.79 Å². The third-order valence-corrected chi connectivity index (χ3v) is 3.41. The van der Waals surface area contributed by atoms with Crippen molar-refractivity contribution in [3.63, 3.8) is 0 Å². The number of rotatable bonds is 2.